The minimum Gasteiger partial charge on any atom is -0.120 e. The van der Waals surface area contributed by atoms with Crippen LogP contribution in [0.2, 0.25) is 0 Å². The number of allylic oxidation sites excluding steroid dienone is 1. The summed E-state index contributed by atoms with van der Waals surface area (Å²) in [6, 6.07) is 0. The molecule has 0 aliphatic carbocycles. The van der Waals surface area contributed by atoms with Crippen LogP contribution >= 0.6 is 0 Å². The summed E-state index contributed by atoms with van der Waals surface area (Å²) in [5, 5.41) is 0. The van der Waals surface area contributed by atoms with Crippen molar-refractivity contribution in [2.75, 3.05) is 0 Å². The van der Waals surface area contributed by atoms with Crippen LogP contribution in [-0.4, -0.2) is 0 Å². The molecule has 0 unspecified atom stereocenters. The standard InChI is InChI=1S/C5H10.C3H3/c1-4-5(2)3;1-3-2/h4-5H,1H2,2-3H3;1H,2H2. The van der Waals surface area contributed by atoms with Crippen LogP contribution < -0.4 is 0 Å². The first-order chi connectivity index (χ1) is 3.68. The lowest BCUT2D eigenvalue weighted by Gasteiger charge is -1.84. The van der Waals surface area contributed by atoms with E-state index in [1.165, 1.54) is 0 Å². The van der Waals surface area contributed by atoms with Gasteiger partial charge in [0.25, 0.3) is 0 Å². The van der Waals surface area contributed by atoms with Crippen molar-refractivity contribution in [3.63, 3.8) is 0 Å². The Morgan fingerprint density at radius 3 is 1.75 bits per heavy atom. The van der Waals surface area contributed by atoms with E-state index >= 15 is 0 Å². The molecule has 8 heavy (non-hydrogen) atoms. The molecule has 0 aromatic carbocycles. The third-order valence-electron chi connectivity index (χ3n) is 0.471. The maximum Gasteiger partial charge on any atom is 0.0196 e. The fourth-order valence-corrected chi connectivity index (χ4v) is 0. The zero-order chi connectivity index (χ0) is 6.99. The van der Waals surface area contributed by atoms with Gasteiger partial charge in [-0.15, -0.1) is 18.9 Å². The van der Waals surface area contributed by atoms with Crippen LogP contribution in [0.3, 0.4) is 0 Å². The fraction of sp³-hybridized carbons (Fsp3) is 0.375. The normalized spacial score (nSPS) is 6.38. The number of hydrogen-bond donors (Lipinski definition) is 0. The summed E-state index contributed by atoms with van der Waals surface area (Å²) in [6.45, 7) is 10.8. The molecule has 45 valence electrons. The van der Waals surface area contributed by atoms with E-state index in [4.69, 9.17) is 0 Å². The average Bonchev–Trinajstić information content (AvgIpc) is 1.69. The van der Waals surface area contributed by atoms with E-state index in [2.05, 4.69) is 33.8 Å². The Hall–Kier alpha value is -0.700. The number of rotatable bonds is 1. The van der Waals surface area contributed by atoms with Gasteiger partial charge >= 0.3 is 0 Å². The van der Waals surface area contributed by atoms with Crippen molar-refractivity contribution in [3.8, 4) is 12.3 Å². The largest absolute Gasteiger partial charge is 0.120 e. The van der Waals surface area contributed by atoms with Crippen LogP contribution in [0.4, 0.5) is 0 Å². The van der Waals surface area contributed by atoms with E-state index in [1.807, 2.05) is 12.0 Å². The van der Waals surface area contributed by atoms with E-state index in [9.17, 15) is 0 Å². The Morgan fingerprint density at radius 2 is 1.75 bits per heavy atom. The molecule has 0 heterocycles. The Kier molecular flexibility index (Phi) is 12.3. The van der Waals surface area contributed by atoms with Crippen LogP contribution in [0.1, 0.15) is 13.8 Å². The Bertz CT molecular complexity index is 72.5. The van der Waals surface area contributed by atoms with Gasteiger partial charge in [-0.05, 0) is 5.92 Å². The summed E-state index contributed by atoms with van der Waals surface area (Å²) in [6.07, 6.45) is 6.40. The Morgan fingerprint density at radius 1 is 1.62 bits per heavy atom. The molecular weight excluding hydrogens is 96.1 g/mol. The summed E-state index contributed by atoms with van der Waals surface area (Å²) in [5.74, 6) is 2.65. The first-order valence-corrected chi connectivity index (χ1v) is 2.54. The summed E-state index contributed by atoms with van der Waals surface area (Å²) in [5.41, 5.74) is 0. The van der Waals surface area contributed by atoms with Gasteiger partial charge in [0.2, 0.25) is 0 Å². The van der Waals surface area contributed by atoms with Crippen molar-refractivity contribution in [2.24, 2.45) is 5.92 Å². The minimum absolute atomic E-state index is 0.648. The summed E-state index contributed by atoms with van der Waals surface area (Å²) >= 11 is 0. The predicted octanol–water partition coefficient (Wildman–Crippen LogP) is 2.28. The van der Waals surface area contributed by atoms with Gasteiger partial charge in [-0.3, -0.25) is 0 Å². The average molecular weight is 109 g/mol. The van der Waals surface area contributed by atoms with Crippen LogP contribution in [0.5, 0.6) is 0 Å². The quantitative estimate of drug-likeness (QED) is 0.358. The van der Waals surface area contributed by atoms with Gasteiger partial charge in [-0.25, -0.2) is 0 Å². The van der Waals surface area contributed by atoms with Crippen molar-refractivity contribution in [1.29, 1.82) is 0 Å². The van der Waals surface area contributed by atoms with Crippen LogP contribution in [0, 0.1) is 25.2 Å². The number of hydrogen-bond acceptors (Lipinski definition) is 0. The highest BCUT2D eigenvalue weighted by atomic mass is 13.8. The molecule has 1 radical (unpaired) electrons. The Labute approximate surface area is 52.6 Å². The molecule has 0 spiro atoms. The van der Waals surface area contributed by atoms with Crippen molar-refractivity contribution < 1.29 is 0 Å². The molecule has 0 nitrogen and oxygen atoms in total. The maximum atomic E-state index is 4.49. The monoisotopic (exact) mass is 109 g/mol. The zero-order valence-electron chi connectivity index (χ0n) is 5.65. The molecule has 0 N–H and O–H groups in total. The molecule has 0 aromatic rings. The molecule has 0 aliphatic heterocycles. The molecule has 0 rings (SSSR count). The van der Waals surface area contributed by atoms with E-state index in [0.717, 1.165) is 0 Å². The molecular formula is C8H13. The third-order valence-corrected chi connectivity index (χ3v) is 0.471. The van der Waals surface area contributed by atoms with Crippen molar-refractivity contribution in [3.05, 3.63) is 19.6 Å². The highest BCUT2D eigenvalue weighted by Gasteiger charge is 1.73. The summed E-state index contributed by atoms with van der Waals surface area (Å²) in [4.78, 5) is 0. The smallest absolute Gasteiger partial charge is 0.0196 e. The third kappa shape index (κ3) is 58.0. The highest BCUT2D eigenvalue weighted by molar-refractivity contribution is 4.85. The lowest BCUT2D eigenvalue weighted by molar-refractivity contribution is 0.835. The lowest BCUT2D eigenvalue weighted by Crippen LogP contribution is -1.71. The molecule has 0 saturated heterocycles. The van der Waals surface area contributed by atoms with Crippen molar-refractivity contribution in [2.45, 2.75) is 13.8 Å². The van der Waals surface area contributed by atoms with Crippen LogP contribution in [0.25, 0.3) is 0 Å². The molecule has 0 saturated carbocycles. The minimum atomic E-state index is 0.648. The van der Waals surface area contributed by atoms with Gasteiger partial charge in [0.05, 0.1) is 0 Å². The molecule has 0 fully saturated rings. The second-order valence-electron chi connectivity index (χ2n) is 1.68. The maximum absolute atomic E-state index is 4.49. The van der Waals surface area contributed by atoms with Crippen molar-refractivity contribution >= 4 is 0 Å². The van der Waals surface area contributed by atoms with Gasteiger partial charge in [-0.1, -0.05) is 19.9 Å². The zero-order valence-corrected chi connectivity index (χ0v) is 5.65. The molecule has 0 amide bonds. The summed E-state index contributed by atoms with van der Waals surface area (Å²) < 4.78 is 0. The van der Waals surface area contributed by atoms with E-state index in [1.54, 1.807) is 0 Å². The molecule has 0 aromatic heterocycles. The Balaban J connectivity index is 0. The van der Waals surface area contributed by atoms with E-state index in [0.29, 0.717) is 5.92 Å². The SMILES string of the molecule is C#C[CH2].C=CC(C)C. The van der Waals surface area contributed by atoms with E-state index in [-0.39, 0.29) is 0 Å². The second-order valence-corrected chi connectivity index (χ2v) is 1.68. The fourth-order valence-electron chi connectivity index (χ4n) is 0. The summed E-state index contributed by atoms with van der Waals surface area (Å²) in [7, 11) is 0. The van der Waals surface area contributed by atoms with Crippen LogP contribution in [0.15, 0.2) is 12.7 Å². The molecule has 0 bridgehead atoms. The lowest BCUT2D eigenvalue weighted by atomic mass is 10.2. The first-order valence-electron chi connectivity index (χ1n) is 2.54. The first kappa shape index (κ1) is 10.3. The van der Waals surface area contributed by atoms with Gasteiger partial charge in [0.1, 0.15) is 0 Å². The van der Waals surface area contributed by atoms with Gasteiger partial charge < -0.3 is 0 Å². The highest BCUT2D eigenvalue weighted by Crippen LogP contribution is 1.87. The topological polar surface area (TPSA) is 0 Å². The van der Waals surface area contributed by atoms with Gasteiger partial charge in [-0.2, -0.15) is 0 Å². The van der Waals surface area contributed by atoms with Crippen LogP contribution in [-0.2, 0) is 0 Å². The predicted molar refractivity (Wildman–Crippen MR) is 39.2 cm³/mol. The second kappa shape index (κ2) is 9.57. The van der Waals surface area contributed by atoms with E-state index < -0.39 is 0 Å². The van der Waals surface area contributed by atoms with Gasteiger partial charge in [0.15, 0.2) is 0 Å². The number of terminal acetylenes is 1. The van der Waals surface area contributed by atoms with Gasteiger partial charge in [0, 0.05) is 6.92 Å². The molecule has 0 aliphatic rings. The molecule has 0 heteroatoms. The molecule has 0 atom stereocenters. The van der Waals surface area contributed by atoms with Crippen molar-refractivity contribution in [1.82, 2.24) is 0 Å².